The maximum atomic E-state index is 12.3. The minimum absolute atomic E-state index is 0.0183. The van der Waals surface area contributed by atoms with Gasteiger partial charge in [0.25, 0.3) is 10.0 Å². The average molecular weight is 362 g/mol. The monoisotopic (exact) mass is 361 g/mol. The minimum atomic E-state index is -3.77. The molecule has 24 heavy (non-hydrogen) atoms. The molecule has 0 aliphatic heterocycles. The molecule has 0 fully saturated rings. The third-order valence-corrected chi connectivity index (χ3v) is 4.48. The highest BCUT2D eigenvalue weighted by molar-refractivity contribution is 7.92. The van der Waals surface area contributed by atoms with Gasteiger partial charge in [-0.25, -0.2) is 8.42 Å². The molecule has 1 N–H and O–H groups in total. The van der Waals surface area contributed by atoms with Gasteiger partial charge < -0.3 is 4.74 Å². The van der Waals surface area contributed by atoms with Crippen LogP contribution in [0, 0.1) is 0 Å². The van der Waals surface area contributed by atoms with Gasteiger partial charge in [0, 0.05) is 6.07 Å². The van der Waals surface area contributed by atoms with Crippen molar-refractivity contribution in [3.05, 3.63) is 71.9 Å². The molecular weight excluding hydrogens is 350 g/mol. The minimum Gasteiger partial charge on any atom is -0.424 e. The second-order valence-corrected chi connectivity index (χ2v) is 6.76. The molecule has 122 valence electrons. The maximum absolute atomic E-state index is 12.3. The van der Waals surface area contributed by atoms with Crippen molar-refractivity contribution in [2.24, 2.45) is 0 Å². The van der Waals surface area contributed by atoms with E-state index >= 15 is 0 Å². The number of hydrogen-bond donors (Lipinski definition) is 1. The Hall–Kier alpha value is -2.64. The first-order chi connectivity index (χ1) is 11.5. The summed E-state index contributed by atoms with van der Waals surface area (Å²) in [5, 5.41) is 0.0571. The van der Waals surface area contributed by atoms with Crippen LogP contribution in [0.3, 0.4) is 0 Å². The fraction of sp³-hybridized carbons (Fsp3) is 0. The van der Waals surface area contributed by atoms with E-state index in [1.807, 2.05) is 6.07 Å². The first kappa shape index (κ1) is 16.2. The SMILES string of the molecule is O=S(=O)(Nc1cc(Cl)nc(Oc2ccccc2)n1)c1ccccc1. The fourth-order valence-corrected chi connectivity index (χ4v) is 3.07. The summed E-state index contributed by atoms with van der Waals surface area (Å²) in [6.45, 7) is 0. The highest BCUT2D eigenvalue weighted by atomic mass is 35.5. The van der Waals surface area contributed by atoms with Gasteiger partial charge in [0.05, 0.1) is 4.90 Å². The molecule has 0 saturated carbocycles. The van der Waals surface area contributed by atoms with Crippen LogP contribution < -0.4 is 9.46 Å². The molecule has 1 aromatic heterocycles. The molecule has 0 unspecified atom stereocenters. The fourth-order valence-electron chi connectivity index (χ4n) is 1.88. The molecule has 6 nitrogen and oxygen atoms in total. The van der Waals surface area contributed by atoms with Crippen molar-refractivity contribution in [1.29, 1.82) is 0 Å². The van der Waals surface area contributed by atoms with Crippen molar-refractivity contribution in [3.8, 4) is 11.8 Å². The largest absolute Gasteiger partial charge is 0.424 e. The summed E-state index contributed by atoms with van der Waals surface area (Å²) in [7, 11) is -3.77. The quantitative estimate of drug-likeness (QED) is 0.700. The van der Waals surface area contributed by atoms with Crippen molar-refractivity contribution < 1.29 is 13.2 Å². The molecule has 0 bridgehead atoms. The van der Waals surface area contributed by atoms with Crippen molar-refractivity contribution in [1.82, 2.24) is 9.97 Å². The molecule has 0 aliphatic carbocycles. The summed E-state index contributed by atoms with van der Waals surface area (Å²) in [5.41, 5.74) is 0. The Morgan fingerprint density at radius 1 is 0.917 bits per heavy atom. The van der Waals surface area contributed by atoms with Crippen LogP contribution in [-0.4, -0.2) is 18.4 Å². The van der Waals surface area contributed by atoms with Crippen LogP contribution in [0.4, 0.5) is 5.82 Å². The zero-order valence-corrected chi connectivity index (χ0v) is 13.8. The van der Waals surface area contributed by atoms with Crippen molar-refractivity contribution >= 4 is 27.4 Å². The molecule has 0 radical (unpaired) electrons. The molecule has 3 aromatic rings. The predicted octanol–water partition coefficient (Wildman–Crippen LogP) is 3.72. The first-order valence-electron chi connectivity index (χ1n) is 6.88. The first-order valence-corrected chi connectivity index (χ1v) is 8.74. The number of aromatic nitrogens is 2. The number of para-hydroxylation sites is 1. The van der Waals surface area contributed by atoms with Gasteiger partial charge in [-0.1, -0.05) is 48.0 Å². The van der Waals surface area contributed by atoms with E-state index < -0.39 is 10.0 Å². The molecule has 0 amide bonds. The Balaban J connectivity index is 1.87. The molecule has 8 heteroatoms. The Labute approximate surface area is 144 Å². The average Bonchev–Trinajstić information content (AvgIpc) is 2.55. The van der Waals surface area contributed by atoms with Crippen LogP contribution in [0.1, 0.15) is 0 Å². The smallest absolute Gasteiger partial charge is 0.325 e. The number of halogens is 1. The van der Waals surface area contributed by atoms with Crippen molar-refractivity contribution in [2.75, 3.05) is 4.72 Å². The van der Waals surface area contributed by atoms with Crippen LogP contribution >= 0.6 is 11.6 Å². The number of rotatable bonds is 5. The summed E-state index contributed by atoms with van der Waals surface area (Å²) < 4.78 is 32.5. The third-order valence-electron chi connectivity index (χ3n) is 2.92. The lowest BCUT2D eigenvalue weighted by Gasteiger charge is -2.09. The second kappa shape index (κ2) is 6.86. The van der Waals surface area contributed by atoms with E-state index in [1.165, 1.54) is 18.2 Å². The molecule has 1 heterocycles. The number of sulfonamides is 1. The summed E-state index contributed by atoms with van der Waals surface area (Å²) in [6, 6.07) is 18.1. The maximum Gasteiger partial charge on any atom is 0.325 e. The molecule has 2 aromatic carbocycles. The highest BCUT2D eigenvalue weighted by Gasteiger charge is 2.16. The third kappa shape index (κ3) is 4.01. The summed E-state index contributed by atoms with van der Waals surface area (Å²) in [6.07, 6.45) is 0. The normalized spacial score (nSPS) is 11.0. The van der Waals surface area contributed by atoms with Crippen molar-refractivity contribution in [2.45, 2.75) is 4.90 Å². The molecule has 3 rings (SSSR count). The van der Waals surface area contributed by atoms with Crippen LogP contribution in [-0.2, 0) is 10.0 Å². The number of hydrogen-bond acceptors (Lipinski definition) is 5. The highest BCUT2D eigenvalue weighted by Crippen LogP contribution is 2.23. The number of nitrogens with zero attached hydrogens (tertiary/aromatic N) is 2. The second-order valence-electron chi connectivity index (χ2n) is 4.69. The number of ether oxygens (including phenoxy) is 1. The van der Waals surface area contributed by atoms with E-state index in [0.29, 0.717) is 5.75 Å². The Morgan fingerprint density at radius 2 is 1.54 bits per heavy atom. The zero-order chi connectivity index (χ0) is 17.0. The topological polar surface area (TPSA) is 81.2 Å². The van der Waals surface area contributed by atoms with Gasteiger partial charge in [-0.15, -0.1) is 0 Å². The number of benzene rings is 2. The molecular formula is C16H12ClN3O3S. The summed E-state index contributed by atoms with van der Waals surface area (Å²) >= 11 is 5.93. The van der Waals surface area contributed by atoms with Gasteiger partial charge in [0.15, 0.2) is 0 Å². The Kier molecular flexibility index (Phi) is 4.64. The lowest BCUT2D eigenvalue weighted by molar-refractivity contribution is 0.443. The van der Waals surface area contributed by atoms with E-state index in [0.717, 1.165) is 0 Å². The van der Waals surface area contributed by atoms with Crippen LogP contribution in [0.5, 0.6) is 11.8 Å². The van der Waals surface area contributed by atoms with E-state index in [2.05, 4.69) is 14.7 Å². The van der Waals surface area contributed by atoms with E-state index in [-0.39, 0.29) is 21.9 Å². The Morgan fingerprint density at radius 3 is 2.21 bits per heavy atom. The molecule has 0 aliphatic rings. The van der Waals surface area contributed by atoms with Crippen LogP contribution in [0.15, 0.2) is 71.6 Å². The van der Waals surface area contributed by atoms with Gasteiger partial charge in [0.1, 0.15) is 16.7 Å². The summed E-state index contributed by atoms with van der Waals surface area (Å²) in [5.74, 6) is 0.529. The number of nitrogens with one attached hydrogen (secondary N) is 1. The molecule has 0 atom stereocenters. The molecule has 0 saturated heterocycles. The Bertz CT molecular complexity index is 935. The van der Waals surface area contributed by atoms with Gasteiger partial charge in [-0.3, -0.25) is 4.72 Å². The van der Waals surface area contributed by atoms with Gasteiger partial charge in [-0.2, -0.15) is 9.97 Å². The van der Waals surface area contributed by atoms with Gasteiger partial charge in [-0.05, 0) is 24.3 Å². The summed E-state index contributed by atoms with van der Waals surface area (Å²) in [4.78, 5) is 8.08. The lowest BCUT2D eigenvalue weighted by atomic mass is 10.3. The molecule has 0 spiro atoms. The standard InChI is InChI=1S/C16H12ClN3O3S/c17-14-11-15(20-24(21,22)13-9-5-2-6-10-13)19-16(18-14)23-12-7-3-1-4-8-12/h1-11H,(H,18,19,20). The van der Waals surface area contributed by atoms with E-state index in [4.69, 9.17) is 16.3 Å². The van der Waals surface area contributed by atoms with Crippen LogP contribution in [0.2, 0.25) is 5.15 Å². The van der Waals surface area contributed by atoms with E-state index in [9.17, 15) is 8.42 Å². The zero-order valence-electron chi connectivity index (χ0n) is 12.3. The predicted molar refractivity (Wildman–Crippen MR) is 90.8 cm³/mol. The van der Waals surface area contributed by atoms with Gasteiger partial charge >= 0.3 is 6.01 Å². The number of anilines is 1. The lowest BCUT2D eigenvalue weighted by Crippen LogP contribution is -2.14. The van der Waals surface area contributed by atoms with Crippen LogP contribution in [0.25, 0.3) is 0 Å². The van der Waals surface area contributed by atoms with E-state index in [1.54, 1.807) is 42.5 Å². The van der Waals surface area contributed by atoms with Gasteiger partial charge in [0.2, 0.25) is 0 Å². The van der Waals surface area contributed by atoms with Crippen molar-refractivity contribution in [3.63, 3.8) is 0 Å².